The first-order valence-corrected chi connectivity index (χ1v) is 8.46. The summed E-state index contributed by atoms with van der Waals surface area (Å²) in [7, 11) is 1.81. The summed E-state index contributed by atoms with van der Waals surface area (Å²) in [5.41, 5.74) is 10.0. The molecule has 4 nitrogen and oxygen atoms in total. The quantitative estimate of drug-likeness (QED) is 0.663. The van der Waals surface area contributed by atoms with Gasteiger partial charge in [0.15, 0.2) is 5.96 Å². The number of hydrogen-bond donors (Lipinski definition) is 2. The summed E-state index contributed by atoms with van der Waals surface area (Å²) in [6.07, 6.45) is 8.79. The Balaban J connectivity index is 1.50. The van der Waals surface area contributed by atoms with Crippen LogP contribution in [0.3, 0.4) is 0 Å². The van der Waals surface area contributed by atoms with Gasteiger partial charge in [-0.1, -0.05) is 6.07 Å². The van der Waals surface area contributed by atoms with Crippen molar-refractivity contribution >= 4 is 11.6 Å². The first-order chi connectivity index (χ1) is 10.7. The van der Waals surface area contributed by atoms with Crippen molar-refractivity contribution in [1.82, 2.24) is 0 Å². The van der Waals surface area contributed by atoms with Gasteiger partial charge < -0.3 is 15.8 Å². The van der Waals surface area contributed by atoms with E-state index in [0.717, 1.165) is 25.1 Å². The minimum atomic E-state index is 0.446. The maximum Gasteiger partial charge on any atom is 0.193 e. The van der Waals surface area contributed by atoms with Crippen LogP contribution in [0.15, 0.2) is 23.2 Å². The van der Waals surface area contributed by atoms with E-state index in [9.17, 15) is 0 Å². The normalized spacial score (nSPS) is 25.0. The van der Waals surface area contributed by atoms with Gasteiger partial charge in [0, 0.05) is 19.3 Å². The van der Waals surface area contributed by atoms with Gasteiger partial charge >= 0.3 is 0 Å². The maximum absolute atomic E-state index is 6.04. The molecule has 0 aliphatic heterocycles. The van der Waals surface area contributed by atoms with Gasteiger partial charge in [-0.2, -0.15) is 0 Å². The van der Waals surface area contributed by atoms with Gasteiger partial charge in [0.05, 0.1) is 6.10 Å². The van der Waals surface area contributed by atoms with E-state index in [0.29, 0.717) is 18.0 Å². The van der Waals surface area contributed by atoms with E-state index in [4.69, 9.17) is 10.5 Å². The summed E-state index contributed by atoms with van der Waals surface area (Å²) in [5.74, 6) is 1.18. The number of guanidine groups is 1. The molecule has 0 radical (unpaired) electrons. The van der Waals surface area contributed by atoms with Gasteiger partial charge in [-0.05, 0) is 74.1 Å². The molecular formula is C18H27N3O. The van der Waals surface area contributed by atoms with Gasteiger partial charge in [-0.25, -0.2) is 0 Å². The van der Waals surface area contributed by atoms with E-state index in [1.54, 1.807) is 0 Å². The molecule has 0 heterocycles. The molecule has 22 heavy (non-hydrogen) atoms. The zero-order valence-corrected chi connectivity index (χ0v) is 13.5. The second-order valence-electron chi connectivity index (χ2n) is 6.57. The van der Waals surface area contributed by atoms with E-state index < -0.39 is 0 Å². The highest BCUT2D eigenvalue weighted by Crippen LogP contribution is 2.26. The van der Waals surface area contributed by atoms with Crippen LogP contribution in [0.4, 0.5) is 5.69 Å². The first-order valence-electron chi connectivity index (χ1n) is 8.46. The largest absolute Gasteiger partial charge is 0.381 e. The van der Waals surface area contributed by atoms with E-state index in [1.807, 2.05) is 7.11 Å². The lowest BCUT2D eigenvalue weighted by atomic mass is 9.87. The number of ether oxygens (including phenoxy) is 1. The van der Waals surface area contributed by atoms with Crippen LogP contribution in [0.2, 0.25) is 0 Å². The van der Waals surface area contributed by atoms with Crippen molar-refractivity contribution in [3.05, 3.63) is 29.3 Å². The summed E-state index contributed by atoms with van der Waals surface area (Å²) in [5, 5.41) is 3.23. The molecule has 3 rings (SSSR count). The predicted octanol–water partition coefficient (Wildman–Crippen LogP) is 3.11. The molecule has 1 fully saturated rings. The fourth-order valence-corrected chi connectivity index (χ4v) is 3.61. The number of methoxy groups -OCH3 is 1. The Kier molecular flexibility index (Phi) is 4.98. The number of rotatable bonds is 4. The molecule has 0 saturated heterocycles. The molecule has 3 N–H and O–H groups in total. The molecule has 1 saturated carbocycles. The Labute approximate surface area is 133 Å². The second-order valence-corrected chi connectivity index (χ2v) is 6.57. The van der Waals surface area contributed by atoms with Crippen LogP contribution in [0.5, 0.6) is 0 Å². The highest BCUT2D eigenvalue weighted by atomic mass is 16.5. The fourth-order valence-electron chi connectivity index (χ4n) is 3.61. The van der Waals surface area contributed by atoms with Gasteiger partial charge in [0.1, 0.15) is 0 Å². The summed E-state index contributed by atoms with van der Waals surface area (Å²) < 4.78 is 5.41. The number of nitrogens with zero attached hydrogens (tertiary/aromatic N) is 1. The van der Waals surface area contributed by atoms with Crippen molar-refractivity contribution in [1.29, 1.82) is 0 Å². The average molecular weight is 301 g/mol. The molecule has 0 amide bonds. The molecule has 0 unspecified atom stereocenters. The van der Waals surface area contributed by atoms with Crippen LogP contribution >= 0.6 is 0 Å². The Morgan fingerprint density at radius 3 is 2.77 bits per heavy atom. The Bertz CT molecular complexity index is 533. The highest BCUT2D eigenvalue weighted by Gasteiger charge is 2.20. The van der Waals surface area contributed by atoms with Crippen molar-refractivity contribution in [3.8, 4) is 0 Å². The van der Waals surface area contributed by atoms with Crippen LogP contribution in [0, 0.1) is 5.92 Å². The maximum atomic E-state index is 6.04. The number of anilines is 1. The minimum absolute atomic E-state index is 0.446. The lowest BCUT2D eigenvalue weighted by Crippen LogP contribution is -2.26. The third-order valence-corrected chi connectivity index (χ3v) is 5.02. The molecule has 1 aromatic rings. The second kappa shape index (κ2) is 7.14. The van der Waals surface area contributed by atoms with Gasteiger partial charge in [-0.15, -0.1) is 0 Å². The van der Waals surface area contributed by atoms with Gasteiger partial charge in [-0.3, -0.25) is 4.99 Å². The van der Waals surface area contributed by atoms with Crippen molar-refractivity contribution < 1.29 is 4.74 Å². The van der Waals surface area contributed by atoms with Crippen LogP contribution in [0.1, 0.15) is 43.2 Å². The third kappa shape index (κ3) is 3.80. The van der Waals surface area contributed by atoms with Crippen LogP contribution < -0.4 is 11.1 Å². The zero-order valence-electron chi connectivity index (χ0n) is 13.5. The van der Waals surface area contributed by atoms with Crippen LogP contribution in [0.25, 0.3) is 0 Å². The predicted molar refractivity (Wildman–Crippen MR) is 91.3 cm³/mol. The van der Waals surface area contributed by atoms with Crippen molar-refractivity contribution in [2.45, 2.75) is 51.0 Å². The average Bonchev–Trinajstić information content (AvgIpc) is 3.01. The summed E-state index contributed by atoms with van der Waals surface area (Å²) in [6, 6.07) is 6.54. The standard InChI is InChI=1S/C18H27N3O/c1-22-17-9-5-13(6-10-17)12-20-18(19)21-16-8-7-14-3-2-4-15(14)11-16/h7-8,11,13,17H,2-6,9-10,12H2,1H3,(H3,19,20,21). The number of hydrogen-bond acceptors (Lipinski definition) is 2. The Morgan fingerprint density at radius 2 is 2.00 bits per heavy atom. The van der Waals surface area contributed by atoms with Crippen molar-refractivity contribution in [2.75, 3.05) is 19.0 Å². The van der Waals surface area contributed by atoms with Crippen LogP contribution in [-0.4, -0.2) is 25.7 Å². The number of fused-ring (bicyclic) bond motifs is 1. The van der Waals surface area contributed by atoms with E-state index >= 15 is 0 Å². The van der Waals surface area contributed by atoms with Gasteiger partial charge in [0.25, 0.3) is 0 Å². The number of aliphatic imine (C=N–C) groups is 1. The summed E-state index contributed by atoms with van der Waals surface area (Å²) in [6.45, 7) is 0.820. The van der Waals surface area contributed by atoms with E-state index in [-0.39, 0.29) is 0 Å². The molecule has 0 spiro atoms. The van der Waals surface area contributed by atoms with Crippen LogP contribution in [-0.2, 0) is 17.6 Å². The van der Waals surface area contributed by atoms with Crippen molar-refractivity contribution in [2.24, 2.45) is 16.6 Å². The SMILES string of the molecule is COC1CCC(CN=C(N)Nc2ccc3c(c2)CCC3)CC1. The molecule has 1 aromatic carbocycles. The van der Waals surface area contributed by atoms with E-state index in [2.05, 4.69) is 28.5 Å². The van der Waals surface area contributed by atoms with Crippen molar-refractivity contribution in [3.63, 3.8) is 0 Å². The topological polar surface area (TPSA) is 59.6 Å². The molecule has 4 heteroatoms. The fraction of sp³-hybridized carbons (Fsp3) is 0.611. The summed E-state index contributed by atoms with van der Waals surface area (Å²) in [4.78, 5) is 4.53. The number of benzene rings is 1. The minimum Gasteiger partial charge on any atom is -0.381 e. The highest BCUT2D eigenvalue weighted by molar-refractivity contribution is 5.92. The molecule has 2 aliphatic carbocycles. The first kappa shape index (κ1) is 15.3. The Morgan fingerprint density at radius 1 is 1.23 bits per heavy atom. The molecular weight excluding hydrogens is 274 g/mol. The molecule has 0 atom stereocenters. The molecule has 2 aliphatic rings. The monoisotopic (exact) mass is 301 g/mol. The van der Waals surface area contributed by atoms with E-state index in [1.165, 1.54) is 43.2 Å². The molecule has 0 aromatic heterocycles. The number of aryl methyl sites for hydroxylation is 2. The smallest absolute Gasteiger partial charge is 0.193 e. The number of nitrogens with one attached hydrogen (secondary N) is 1. The lowest BCUT2D eigenvalue weighted by molar-refractivity contribution is 0.0581. The third-order valence-electron chi connectivity index (χ3n) is 5.02. The Hall–Kier alpha value is -1.55. The molecule has 120 valence electrons. The lowest BCUT2D eigenvalue weighted by Gasteiger charge is -2.26. The number of nitrogens with two attached hydrogens (primary N) is 1. The molecule has 0 bridgehead atoms. The van der Waals surface area contributed by atoms with Gasteiger partial charge in [0.2, 0.25) is 0 Å². The summed E-state index contributed by atoms with van der Waals surface area (Å²) >= 11 is 0. The zero-order chi connectivity index (χ0) is 15.4.